The maximum atomic E-state index is 9.91. The van der Waals surface area contributed by atoms with Crippen molar-refractivity contribution >= 4 is 11.6 Å². The molecule has 0 aromatic heterocycles. The molecule has 112 valence electrons. The molecule has 0 aliphatic carbocycles. The molecule has 0 spiro atoms. The Morgan fingerprint density at radius 1 is 1.10 bits per heavy atom. The van der Waals surface area contributed by atoms with Crippen LogP contribution in [0.15, 0.2) is 48.5 Å². The molecule has 0 amide bonds. The van der Waals surface area contributed by atoms with Crippen LogP contribution in [-0.2, 0) is 6.54 Å². The average Bonchev–Trinajstić information content (AvgIpc) is 2.48. The number of rotatable bonds is 6. The van der Waals surface area contributed by atoms with Crippen molar-refractivity contribution in [2.75, 3.05) is 20.6 Å². The van der Waals surface area contributed by atoms with Gasteiger partial charge in [-0.3, -0.25) is 0 Å². The Bertz CT molecular complexity index is 572. The van der Waals surface area contributed by atoms with Gasteiger partial charge in [0.25, 0.3) is 0 Å². The Hall–Kier alpha value is -1.55. The fraction of sp³-hybridized carbons (Fsp3) is 0.294. The van der Waals surface area contributed by atoms with Gasteiger partial charge in [-0.2, -0.15) is 0 Å². The highest BCUT2D eigenvalue weighted by atomic mass is 35.5. The van der Waals surface area contributed by atoms with Crippen molar-refractivity contribution in [3.63, 3.8) is 0 Å². The molecule has 0 radical (unpaired) electrons. The quantitative estimate of drug-likeness (QED) is 0.858. The minimum absolute atomic E-state index is 0.160. The topological polar surface area (TPSA) is 35.5 Å². The van der Waals surface area contributed by atoms with Crippen molar-refractivity contribution in [1.82, 2.24) is 10.2 Å². The van der Waals surface area contributed by atoms with Gasteiger partial charge in [0.2, 0.25) is 0 Å². The number of aromatic hydroxyl groups is 1. The molecule has 2 N–H and O–H groups in total. The number of phenols is 1. The molecule has 0 bridgehead atoms. The van der Waals surface area contributed by atoms with E-state index in [-0.39, 0.29) is 11.8 Å². The third-order valence-electron chi connectivity index (χ3n) is 3.53. The van der Waals surface area contributed by atoms with Crippen molar-refractivity contribution in [3.8, 4) is 5.75 Å². The summed E-state index contributed by atoms with van der Waals surface area (Å²) >= 11 is 5.92. The zero-order chi connectivity index (χ0) is 15.2. The van der Waals surface area contributed by atoms with Crippen LogP contribution in [0, 0.1) is 0 Å². The second kappa shape index (κ2) is 7.46. The third kappa shape index (κ3) is 4.21. The number of likely N-dealkylation sites (N-methyl/N-ethyl adjacent to an activating group) is 1. The fourth-order valence-electron chi connectivity index (χ4n) is 2.32. The van der Waals surface area contributed by atoms with Gasteiger partial charge in [0.05, 0.1) is 5.02 Å². The molecule has 1 unspecified atom stereocenters. The zero-order valence-corrected chi connectivity index (χ0v) is 13.1. The number of para-hydroxylation sites is 1. The van der Waals surface area contributed by atoms with E-state index in [2.05, 4.69) is 48.6 Å². The Morgan fingerprint density at radius 3 is 2.48 bits per heavy atom. The maximum Gasteiger partial charge on any atom is 0.138 e. The summed E-state index contributed by atoms with van der Waals surface area (Å²) in [4.78, 5) is 2.18. The summed E-state index contributed by atoms with van der Waals surface area (Å²) in [6, 6.07) is 16.1. The highest BCUT2D eigenvalue weighted by Crippen LogP contribution is 2.26. The molecule has 0 aliphatic rings. The number of halogens is 1. The van der Waals surface area contributed by atoms with E-state index in [9.17, 15) is 5.11 Å². The molecule has 0 saturated carbocycles. The lowest BCUT2D eigenvalue weighted by atomic mass is 10.1. The van der Waals surface area contributed by atoms with E-state index in [4.69, 9.17) is 11.6 Å². The summed E-state index contributed by atoms with van der Waals surface area (Å²) < 4.78 is 0. The Labute approximate surface area is 131 Å². The van der Waals surface area contributed by atoms with Gasteiger partial charge < -0.3 is 15.3 Å². The molecule has 4 heteroatoms. The number of nitrogens with zero attached hydrogens (tertiary/aromatic N) is 1. The SMILES string of the molecule is CN(C)C(CNCc1cccc(Cl)c1O)c1ccccc1. The van der Waals surface area contributed by atoms with Gasteiger partial charge in [0.1, 0.15) is 5.75 Å². The van der Waals surface area contributed by atoms with Gasteiger partial charge in [-0.1, -0.05) is 54.1 Å². The van der Waals surface area contributed by atoms with E-state index in [0.29, 0.717) is 11.6 Å². The van der Waals surface area contributed by atoms with Crippen molar-refractivity contribution in [1.29, 1.82) is 0 Å². The summed E-state index contributed by atoms with van der Waals surface area (Å²) in [7, 11) is 4.13. The van der Waals surface area contributed by atoms with E-state index in [0.717, 1.165) is 12.1 Å². The van der Waals surface area contributed by atoms with Gasteiger partial charge >= 0.3 is 0 Å². The molecule has 2 rings (SSSR count). The molecular formula is C17H21ClN2O. The smallest absolute Gasteiger partial charge is 0.138 e. The van der Waals surface area contributed by atoms with Crippen LogP contribution in [0.5, 0.6) is 5.75 Å². The molecule has 2 aromatic rings. The Kier molecular flexibility index (Phi) is 5.62. The number of nitrogens with one attached hydrogen (secondary N) is 1. The largest absolute Gasteiger partial charge is 0.506 e. The number of phenolic OH excluding ortho intramolecular Hbond substituents is 1. The lowest BCUT2D eigenvalue weighted by molar-refractivity contribution is 0.288. The van der Waals surface area contributed by atoms with Crippen LogP contribution in [0.1, 0.15) is 17.2 Å². The third-order valence-corrected chi connectivity index (χ3v) is 3.84. The summed E-state index contributed by atoms with van der Waals surface area (Å²) in [6.45, 7) is 1.38. The Morgan fingerprint density at radius 2 is 1.81 bits per heavy atom. The first-order valence-electron chi connectivity index (χ1n) is 6.98. The predicted octanol–water partition coefficient (Wildman–Crippen LogP) is 3.44. The molecule has 1 atom stereocenters. The molecule has 0 saturated heterocycles. The highest BCUT2D eigenvalue weighted by molar-refractivity contribution is 6.32. The van der Waals surface area contributed by atoms with Crippen molar-refractivity contribution < 1.29 is 5.11 Å². The minimum Gasteiger partial charge on any atom is -0.506 e. The number of hydrogen-bond donors (Lipinski definition) is 2. The second-order valence-corrected chi connectivity index (χ2v) is 5.68. The first kappa shape index (κ1) is 15.8. The molecule has 3 nitrogen and oxygen atoms in total. The lowest BCUT2D eigenvalue weighted by Crippen LogP contribution is -2.30. The molecule has 2 aromatic carbocycles. The van der Waals surface area contributed by atoms with Gasteiger partial charge in [-0.05, 0) is 25.7 Å². The summed E-state index contributed by atoms with van der Waals surface area (Å²) in [6.07, 6.45) is 0. The molecule has 21 heavy (non-hydrogen) atoms. The van der Waals surface area contributed by atoms with Crippen molar-refractivity contribution in [2.45, 2.75) is 12.6 Å². The molecule has 0 fully saturated rings. The normalized spacial score (nSPS) is 12.6. The first-order chi connectivity index (χ1) is 10.1. The van der Waals surface area contributed by atoms with Crippen LogP contribution >= 0.6 is 11.6 Å². The van der Waals surface area contributed by atoms with Gasteiger partial charge in [0.15, 0.2) is 0 Å². The fourth-order valence-corrected chi connectivity index (χ4v) is 2.51. The van der Waals surface area contributed by atoms with Crippen LogP contribution < -0.4 is 5.32 Å². The standard InChI is InChI=1S/C17H21ClN2O/c1-20(2)16(13-7-4-3-5-8-13)12-19-11-14-9-6-10-15(18)17(14)21/h3-10,16,19,21H,11-12H2,1-2H3. The van der Waals surface area contributed by atoms with Crippen LogP contribution in [0.2, 0.25) is 5.02 Å². The number of benzene rings is 2. The first-order valence-corrected chi connectivity index (χ1v) is 7.36. The maximum absolute atomic E-state index is 9.91. The molecule has 0 heterocycles. The van der Waals surface area contributed by atoms with E-state index in [1.807, 2.05) is 18.2 Å². The highest BCUT2D eigenvalue weighted by Gasteiger charge is 2.13. The van der Waals surface area contributed by atoms with Crippen LogP contribution in [-0.4, -0.2) is 30.6 Å². The lowest BCUT2D eigenvalue weighted by Gasteiger charge is -2.25. The summed E-state index contributed by atoms with van der Waals surface area (Å²) in [5.74, 6) is 0.160. The van der Waals surface area contributed by atoms with Crippen molar-refractivity contribution in [3.05, 3.63) is 64.7 Å². The van der Waals surface area contributed by atoms with E-state index in [1.54, 1.807) is 6.07 Å². The molecule has 0 aliphatic heterocycles. The van der Waals surface area contributed by atoms with E-state index < -0.39 is 0 Å². The van der Waals surface area contributed by atoms with Crippen molar-refractivity contribution in [2.24, 2.45) is 0 Å². The summed E-state index contributed by atoms with van der Waals surface area (Å²) in [5, 5.41) is 13.7. The van der Waals surface area contributed by atoms with Gasteiger partial charge in [-0.15, -0.1) is 0 Å². The monoisotopic (exact) mass is 304 g/mol. The summed E-state index contributed by atoms with van der Waals surface area (Å²) in [5.41, 5.74) is 2.08. The molecular weight excluding hydrogens is 284 g/mol. The van der Waals surface area contributed by atoms with Crippen LogP contribution in [0.4, 0.5) is 0 Å². The predicted molar refractivity (Wildman–Crippen MR) is 87.7 cm³/mol. The Balaban J connectivity index is 1.99. The zero-order valence-electron chi connectivity index (χ0n) is 12.4. The minimum atomic E-state index is 0.160. The van der Waals surface area contributed by atoms with E-state index >= 15 is 0 Å². The van der Waals surface area contributed by atoms with E-state index in [1.165, 1.54) is 5.56 Å². The van der Waals surface area contributed by atoms with Gasteiger partial charge in [-0.25, -0.2) is 0 Å². The van der Waals surface area contributed by atoms with Gasteiger partial charge in [0, 0.05) is 24.7 Å². The second-order valence-electron chi connectivity index (χ2n) is 5.27. The van der Waals surface area contributed by atoms with Crippen LogP contribution in [0.25, 0.3) is 0 Å². The number of hydrogen-bond acceptors (Lipinski definition) is 3. The van der Waals surface area contributed by atoms with Crippen LogP contribution in [0.3, 0.4) is 0 Å². The average molecular weight is 305 g/mol.